The third kappa shape index (κ3) is 2.08. The summed E-state index contributed by atoms with van der Waals surface area (Å²) in [6, 6.07) is 8.13. The smallest absolute Gasteiger partial charge is 0.167 e. The molecule has 19 heavy (non-hydrogen) atoms. The van der Waals surface area contributed by atoms with Crippen LogP contribution in [0.4, 0.5) is 0 Å². The Labute approximate surface area is 119 Å². The fraction of sp³-hybridized carbons (Fsp3) is 0.154. The molecule has 2 heterocycles. The van der Waals surface area contributed by atoms with Gasteiger partial charge in [-0.05, 0) is 12.1 Å². The van der Waals surface area contributed by atoms with Gasteiger partial charge in [-0.1, -0.05) is 28.1 Å². The van der Waals surface area contributed by atoms with E-state index in [0.717, 1.165) is 27.1 Å². The molecule has 3 rings (SSSR count). The Bertz CT molecular complexity index is 728. The van der Waals surface area contributed by atoms with Crippen molar-refractivity contribution in [3.63, 3.8) is 0 Å². The van der Waals surface area contributed by atoms with Gasteiger partial charge in [0.1, 0.15) is 6.33 Å². The summed E-state index contributed by atoms with van der Waals surface area (Å²) in [5.41, 5.74) is 3.09. The minimum absolute atomic E-state index is 0.808. The second-order valence-corrected chi connectivity index (χ2v) is 5.22. The van der Waals surface area contributed by atoms with Crippen LogP contribution in [0.3, 0.4) is 0 Å². The molecule has 0 aliphatic rings. The first-order valence-corrected chi connectivity index (χ1v) is 6.58. The minimum atomic E-state index is 0.808. The van der Waals surface area contributed by atoms with Crippen molar-refractivity contribution in [2.24, 2.45) is 14.1 Å². The largest absolute Gasteiger partial charge is 0.317 e. The van der Waals surface area contributed by atoms with Crippen LogP contribution in [0, 0.1) is 0 Å². The van der Waals surface area contributed by atoms with E-state index in [1.54, 1.807) is 6.33 Å². The van der Waals surface area contributed by atoms with Crippen LogP contribution in [0.15, 0.2) is 41.3 Å². The molecular weight excluding hydrogens is 306 g/mol. The average Bonchev–Trinajstić information content (AvgIpc) is 2.95. The first-order valence-electron chi connectivity index (χ1n) is 5.79. The SMILES string of the molecule is Cn1cnnc1-c1cnn(C)c1-c1cccc(Br)c1. The normalized spacial score (nSPS) is 10.9. The summed E-state index contributed by atoms with van der Waals surface area (Å²) < 4.78 is 4.78. The zero-order valence-corrected chi connectivity index (χ0v) is 12.2. The van der Waals surface area contributed by atoms with Gasteiger partial charge < -0.3 is 4.57 Å². The van der Waals surface area contributed by atoms with Crippen molar-refractivity contribution in [1.29, 1.82) is 0 Å². The standard InChI is InChI=1S/C13H12BrN5/c1-18-8-15-17-13(18)11-7-16-19(2)12(11)9-4-3-5-10(14)6-9/h3-8H,1-2H3. The summed E-state index contributed by atoms with van der Waals surface area (Å²) >= 11 is 3.50. The van der Waals surface area contributed by atoms with E-state index in [9.17, 15) is 0 Å². The van der Waals surface area contributed by atoms with E-state index in [1.807, 2.05) is 41.7 Å². The lowest BCUT2D eigenvalue weighted by Gasteiger charge is -2.06. The predicted molar refractivity (Wildman–Crippen MR) is 76.3 cm³/mol. The van der Waals surface area contributed by atoms with Crippen molar-refractivity contribution in [3.8, 4) is 22.6 Å². The maximum atomic E-state index is 4.34. The Balaban J connectivity index is 2.22. The van der Waals surface area contributed by atoms with Gasteiger partial charge in [0.05, 0.1) is 17.5 Å². The van der Waals surface area contributed by atoms with Crippen molar-refractivity contribution in [2.45, 2.75) is 0 Å². The fourth-order valence-electron chi connectivity index (χ4n) is 2.11. The van der Waals surface area contributed by atoms with E-state index in [1.165, 1.54) is 0 Å². The van der Waals surface area contributed by atoms with Crippen LogP contribution in [0.5, 0.6) is 0 Å². The molecule has 3 aromatic rings. The fourth-order valence-corrected chi connectivity index (χ4v) is 2.51. The summed E-state index contributed by atoms with van der Waals surface area (Å²) in [7, 11) is 3.85. The molecular formula is C13H12BrN5. The predicted octanol–water partition coefficient (Wildman–Crippen LogP) is 2.65. The van der Waals surface area contributed by atoms with Gasteiger partial charge in [0.15, 0.2) is 5.82 Å². The van der Waals surface area contributed by atoms with Crippen LogP contribution in [0.2, 0.25) is 0 Å². The first kappa shape index (κ1) is 12.1. The van der Waals surface area contributed by atoms with Crippen LogP contribution in [0.25, 0.3) is 22.6 Å². The van der Waals surface area contributed by atoms with Crippen molar-refractivity contribution in [3.05, 3.63) is 41.3 Å². The molecule has 0 saturated carbocycles. The summed E-state index contributed by atoms with van der Waals surface area (Å²) in [5.74, 6) is 0.808. The molecule has 0 unspecified atom stereocenters. The van der Waals surface area contributed by atoms with Crippen molar-refractivity contribution >= 4 is 15.9 Å². The molecule has 0 aliphatic heterocycles. The number of benzene rings is 1. The van der Waals surface area contributed by atoms with Gasteiger partial charge in [0.2, 0.25) is 0 Å². The van der Waals surface area contributed by atoms with E-state index in [-0.39, 0.29) is 0 Å². The highest BCUT2D eigenvalue weighted by Gasteiger charge is 2.16. The molecule has 0 atom stereocenters. The topological polar surface area (TPSA) is 48.5 Å². The van der Waals surface area contributed by atoms with Gasteiger partial charge in [0, 0.05) is 24.1 Å². The van der Waals surface area contributed by atoms with Gasteiger partial charge in [-0.15, -0.1) is 10.2 Å². The first-order chi connectivity index (χ1) is 9.16. The molecule has 0 radical (unpaired) electrons. The maximum Gasteiger partial charge on any atom is 0.167 e. The number of halogens is 1. The lowest BCUT2D eigenvalue weighted by atomic mass is 10.1. The summed E-state index contributed by atoms with van der Waals surface area (Å²) in [5, 5.41) is 12.4. The Morgan fingerprint density at radius 3 is 2.74 bits per heavy atom. The number of nitrogens with zero attached hydrogens (tertiary/aromatic N) is 5. The van der Waals surface area contributed by atoms with Crippen LogP contribution < -0.4 is 0 Å². The van der Waals surface area contributed by atoms with Gasteiger partial charge in [-0.2, -0.15) is 5.10 Å². The minimum Gasteiger partial charge on any atom is -0.317 e. The van der Waals surface area contributed by atoms with E-state index in [0.29, 0.717) is 0 Å². The van der Waals surface area contributed by atoms with Crippen LogP contribution in [0.1, 0.15) is 0 Å². The second-order valence-electron chi connectivity index (χ2n) is 4.31. The van der Waals surface area contributed by atoms with E-state index >= 15 is 0 Å². The lowest BCUT2D eigenvalue weighted by Crippen LogP contribution is -1.96. The Morgan fingerprint density at radius 1 is 1.21 bits per heavy atom. The zero-order chi connectivity index (χ0) is 13.4. The van der Waals surface area contributed by atoms with E-state index in [2.05, 4.69) is 43.4 Å². The highest BCUT2D eigenvalue weighted by Crippen LogP contribution is 2.31. The number of rotatable bonds is 2. The summed E-state index contributed by atoms with van der Waals surface area (Å²) in [4.78, 5) is 0. The molecule has 2 aromatic heterocycles. The second kappa shape index (κ2) is 4.62. The van der Waals surface area contributed by atoms with Crippen LogP contribution in [-0.2, 0) is 14.1 Å². The number of aromatic nitrogens is 5. The van der Waals surface area contributed by atoms with Gasteiger partial charge >= 0.3 is 0 Å². The molecule has 96 valence electrons. The van der Waals surface area contributed by atoms with E-state index in [4.69, 9.17) is 0 Å². The molecule has 6 heteroatoms. The Morgan fingerprint density at radius 2 is 2.05 bits per heavy atom. The molecule has 0 amide bonds. The van der Waals surface area contributed by atoms with Crippen LogP contribution >= 0.6 is 15.9 Å². The third-order valence-electron chi connectivity index (χ3n) is 2.99. The zero-order valence-electron chi connectivity index (χ0n) is 10.6. The molecule has 0 N–H and O–H groups in total. The van der Waals surface area contributed by atoms with Crippen molar-refractivity contribution < 1.29 is 0 Å². The molecule has 5 nitrogen and oxygen atoms in total. The molecule has 1 aromatic carbocycles. The molecule has 0 spiro atoms. The maximum absolute atomic E-state index is 4.34. The highest BCUT2D eigenvalue weighted by atomic mass is 79.9. The van der Waals surface area contributed by atoms with Crippen molar-refractivity contribution in [1.82, 2.24) is 24.5 Å². The van der Waals surface area contributed by atoms with Gasteiger partial charge in [-0.25, -0.2) is 0 Å². The third-order valence-corrected chi connectivity index (χ3v) is 3.48. The number of hydrogen-bond donors (Lipinski definition) is 0. The van der Waals surface area contributed by atoms with E-state index < -0.39 is 0 Å². The lowest BCUT2D eigenvalue weighted by molar-refractivity contribution is 0.776. The Hall–Kier alpha value is -1.95. The van der Waals surface area contributed by atoms with Crippen molar-refractivity contribution in [2.75, 3.05) is 0 Å². The van der Waals surface area contributed by atoms with Crippen LogP contribution in [-0.4, -0.2) is 24.5 Å². The number of hydrogen-bond acceptors (Lipinski definition) is 3. The molecule has 0 saturated heterocycles. The molecule has 0 bridgehead atoms. The monoisotopic (exact) mass is 317 g/mol. The quantitative estimate of drug-likeness (QED) is 0.730. The molecule has 0 aliphatic carbocycles. The van der Waals surface area contributed by atoms with Gasteiger partial charge in [0.25, 0.3) is 0 Å². The summed E-state index contributed by atoms with van der Waals surface area (Å²) in [6.07, 6.45) is 3.51. The Kier molecular flexibility index (Phi) is 2.94. The number of aryl methyl sites for hydroxylation is 2. The summed E-state index contributed by atoms with van der Waals surface area (Å²) in [6.45, 7) is 0. The average molecular weight is 318 g/mol. The van der Waals surface area contributed by atoms with Gasteiger partial charge in [-0.3, -0.25) is 4.68 Å². The molecule has 0 fully saturated rings. The highest BCUT2D eigenvalue weighted by molar-refractivity contribution is 9.10.